The van der Waals surface area contributed by atoms with Crippen LogP contribution in [0.1, 0.15) is 34.3 Å². The molecule has 2 aromatic carbocycles. The molecule has 2 aromatic rings. The molecule has 0 radical (unpaired) electrons. The normalized spacial score (nSPS) is 17.5. The van der Waals surface area contributed by atoms with Crippen LogP contribution in [0.3, 0.4) is 0 Å². The van der Waals surface area contributed by atoms with Crippen molar-refractivity contribution < 1.29 is 9.59 Å². The van der Waals surface area contributed by atoms with Crippen LogP contribution in [-0.2, 0) is 17.8 Å². The minimum absolute atomic E-state index is 0.0393. The van der Waals surface area contributed by atoms with Gasteiger partial charge in [0.05, 0.1) is 0 Å². The first-order valence-corrected chi connectivity index (χ1v) is 8.45. The Balaban J connectivity index is 1.60. The molecule has 1 heterocycles. The number of benzene rings is 2. The average molecular weight is 320 g/mol. The zero-order chi connectivity index (χ0) is 16.5. The molecular formula is C20H20N2O2. The van der Waals surface area contributed by atoms with Gasteiger partial charge in [0.25, 0.3) is 5.91 Å². The van der Waals surface area contributed by atoms with Crippen molar-refractivity contribution in [2.75, 3.05) is 0 Å². The van der Waals surface area contributed by atoms with Gasteiger partial charge in [0.2, 0.25) is 5.91 Å². The molecule has 4 rings (SSSR count). The highest BCUT2D eigenvalue weighted by atomic mass is 16.2. The van der Waals surface area contributed by atoms with Gasteiger partial charge in [-0.25, -0.2) is 0 Å². The van der Waals surface area contributed by atoms with Crippen LogP contribution < -0.4 is 5.32 Å². The molecule has 1 saturated carbocycles. The molecule has 0 unspecified atom stereocenters. The molecule has 1 fully saturated rings. The summed E-state index contributed by atoms with van der Waals surface area (Å²) in [5.74, 6) is -0.0833. The number of fused-ring (bicyclic) bond motifs is 1. The molecule has 0 aromatic heterocycles. The largest absolute Gasteiger partial charge is 0.352 e. The number of carbonyl (C=O) groups excluding carboxylic acids is 2. The van der Waals surface area contributed by atoms with Crippen LogP contribution in [0.15, 0.2) is 54.6 Å². The summed E-state index contributed by atoms with van der Waals surface area (Å²) in [5.41, 5.74) is 2.78. The summed E-state index contributed by atoms with van der Waals surface area (Å²) in [7, 11) is 0. The van der Waals surface area contributed by atoms with E-state index in [1.54, 1.807) is 4.90 Å². The second kappa shape index (κ2) is 6.11. The maximum absolute atomic E-state index is 12.8. The molecule has 0 saturated heterocycles. The summed E-state index contributed by atoms with van der Waals surface area (Å²) >= 11 is 0. The molecule has 1 atom stereocenters. The fourth-order valence-corrected chi connectivity index (χ4v) is 3.24. The monoisotopic (exact) mass is 320 g/mol. The minimum atomic E-state index is -0.465. The summed E-state index contributed by atoms with van der Waals surface area (Å²) in [5, 5.41) is 3.07. The van der Waals surface area contributed by atoms with Crippen LogP contribution in [0, 0.1) is 0 Å². The second-order valence-electron chi connectivity index (χ2n) is 6.58. The molecule has 122 valence electrons. The molecule has 1 aliphatic carbocycles. The molecular weight excluding hydrogens is 300 g/mol. The Bertz CT molecular complexity index is 768. The van der Waals surface area contributed by atoms with Gasteiger partial charge in [0.1, 0.15) is 6.04 Å². The zero-order valence-corrected chi connectivity index (χ0v) is 13.4. The van der Waals surface area contributed by atoms with E-state index in [2.05, 4.69) is 5.32 Å². The van der Waals surface area contributed by atoms with E-state index in [0.717, 1.165) is 29.5 Å². The van der Waals surface area contributed by atoms with E-state index < -0.39 is 6.04 Å². The van der Waals surface area contributed by atoms with E-state index in [1.807, 2.05) is 54.6 Å². The number of carbonyl (C=O) groups is 2. The SMILES string of the molecule is O=C(NC1CC1)[C@H](Cc1ccccc1)N1Cc2ccccc2C1=O. The lowest BCUT2D eigenvalue weighted by Gasteiger charge is -2.27. The van der Waals surface area contributed by atoms with Crippen LogP contribution in [0.5, 0.6) is 0 Å². The molecule has 2 aliphatic rings. The Kier molecular flexibility index (Phi) is 3.81. The third-order valence-electron chi connectivity index (χ3n) is 4.72. The third-order valence-corrected chi connectivity index (χ3v) is 4.72. The first-order chi connectivity index (χ1) is 11.7. The van der Waals surface area contributed by atoms with Gasteiger partial charge in [-0.3, -0.25) is 9.59 Å². The van der Waals surface area contributed by atoms with Crippen molar-refractivity contribution in [1.29, 1.82) is 0 Å². The maximum atomic E-state index is 12.8. The van der Waals surface area contributed by atoms with E-state index in [4.69, 9.17) is 0 Å². The van der Waals surface area contributed by atoms with Crippen molar-refractivity contribution >= 4 is 11.8 Å². The summed E-state index contributed by atoms with van der Waals surface area (Å²) in [6.45, 7) is 0.505. The number of nitrogens with zero attached hydrogens (tertiary/aromatic N) is 1. The summed E-state index contributed by atoms with van der Waals surface area (Å²) < 4.78 is 0. The van der Waals surface area contributed by atoms with Gasteiger partial charge < -0.3 is 10.2 Å². The van der Waals surface area contributed by atoms with Gasteiger partial charge in [-0.2, -0.15) is 0 Å². The highest BCUT2D eigenvalue weighted by Crippen LogP contribution is 2.27. The molecule has 0 bridgehead atoms. The van der Waals surface area contributed by atoms with Gasteiger partial charge in [0.15, 0.2) is 0 Å². The Morgan fingerprint density at radius 3 is 2.50 bits per heavy atom. The zero-order valence-electron chi connectivity index (χ0n) is 13.4. The average Bonchev–Trinajstić information content (AvgIpc) is 3.36. The van der Waals surface area contributed by atoms with E-state index in [0.29, 0.717) is 13.0 Å². The lowest BCUT2D eigenvalue weighted by Crippen LogP contribution is -2.49. The van der Waals surface area contributed by atoms with Gasteiger partial charge in [-0.15, -0.1) is 0 Å². The predicted molar refractivity (Wildman–Crippen MR) is 91.4 cm³/mol. The van der Waals surface area contributed by atoms with Crippen LogP contribution in [-0.4, -0.2) is 28.8 Å². The van der Waals surface area contributed by atoms with Gasteiger partial charge >= 0.3 is 0 Å². The fourth-order valence-electron chi connectivity index (χ4n) is 3.24. The quantitative estimate of drug-likeness (QED) is 0.920. The molecule has 24 heavy (non-hydrogen) atoms. The van der Waals surface area contributed by atoms with Gasteiger partial charge in [0, 0.05) is 24.6 Å². The summed E-state index contributed by atoms with van der Waals surface area (Å²) in [6, 6.07) is 17.3. The molecule has 1 aliphatic heterocycles. The van der Waals surface area contributed by atoms with Crippen LogP contribution in [0.2, 0.25) is 0 Å². The van der Waals surface area contributed by atoms with E-state index in [-0.39, 0.29) is 17.9 Å². The predicted octanol–water partition coefficient (Wildman–Crippen LogP) is 2.53. The Morgan fingerprint density at radius 1 is 1.08 bits per heavy atom. The first-order valence-electron chi connectivity index (χ1n) is 8.45. The van der Waals surface area contributed by atoms with Gasteiger partial charge in [-0.05, 0) is 30.0 Å². The van der Waals surface area contributed by atoms with E-state index in [9.17, 15) is 9.59 Å². The maximum Gasteiger partial charge on any atom is 0.255 e. The lowest BCUT2D eigenvalue weighted by atomic mass is 10.0. The molecule has 1 N–H and O–H groups in total. The fraction of sp³-hybridized carbons (Fsp3) is 0.300. The van der Waals surface area contributed by atoms with Crippen LogP contribution in [0.25, 0.3) is 0 Å². The van der Waals surface area contributed by atoms with Crippen molar-refractivity contribution in [3.05, 3.63) is 71.3 Å². The number of hydrogen-bond donors (Lipinski definition) is 1. The lowest BCUT2D eigenvalue weighted by molar-refractivity contribution is -0.125. The molecule has 4 nitrogen and oxygen atoms in total. The standard InChI is InChI=1S/C20H20N2O2/c23-19(21-16-10-11-16)18(12-14-6-2-1-3-7-14)22-13-15-8-4-5-9-17(15)20(22)24/h1-9,16,18H,10-13H2,(H,21,23)/t18-/m0/s1. The first kappa shape index (κ1) is 14.9. The van der Waals surface area contributed by atoms with Crippen molar-refractivity contribution in [2.45, 2.75) is 37.9 Å². The summed E-state index contributed by atoms with van der Waals surface area (Å²) in [4.78, 5) is 27.3. The van der Waals surface area contributed by atoms with E-state index >= 15 is 0 Å². The number of rotatable bonds is 5. The van der Waals surface area contributed by atoms with Crippen LogP contribution >= 0.6 is 0 Å². The highest BCUT2D eigenvalue weighted by Gasteiger charge is 2.37. The van der Waals surface area contributed by atoms with Crippen LogP contribution in [0.4, 0.5) is 0 Å². The second-order valence-corrected chi connectivity index (χ2v) is 6.58. The number of nitrogens with one attached hydrogen (secondary N) is 1. The van der Waals surface area contributed by atoms with Crippen molar-refractivity contribution in [2.24, 2.45) is 0 Å². The summed E-state index contributed by atoms with van der Waals surface area (Å²) in [6.07, 6.45) is 2.62. The number of amides is 2. The highest BCUT2D eigenvalue weighted by molar-refractivity contribution is 6.01. The minimum Gasteiger partial charge on any atom is -0.352 e. The van der Waals surface area contributed by atoms with Crippen molar-refractivity contribution in [3.8, 4) is 0 Å². The molecule has 2 amide bonds. The molecule has 4 heteroatoms. The Morgan fingerprint density at radius 2 is 1.79 bits per heavy atom. The van der Waals surface area contributed by atoms with Crippen molar-refractivity contribution in [1.82, 2.24) is 10.2 Å². The molecule has 0 spiro atoms. The third kappa shape index (κ3) is 2.92. The Hall–Kier alpha value is -2.62. The van der Waals surface area contributed by atoms with Crippen molar-refractivity contribution in [3.63, 3.8) is 0 Å². The number of hydrogen-bond acceptors (Lipinski definition) is 2. The topological polar surface area (TPSA) is 49.4 Å². The smallest absolute Gasteiger partial charge is 0.255 e. The van der Waals surface area contributed by atoms with Gasteiger partial charge in [-0.1, -0.05) is 48.5 Å². The van der Waals surface area contributed by atoms with E-state index in [1.165, 1.54) is 0 Å². The Labute approximate surface area is 141 Å².